The minimum atomic E-state index is -0.234. The second kappa shape index (κ2) is 10.7. The molecule has 0 aromatic heterocycles. The molecule has 26 heavy (non-hydrogen) atoms. The highest BCUT2D eigenvalue weighted by atomic mass is 16.7. The Bertz CT molecular complexity index is 679. The number of ketones is 1. The van der Waals surface area contributed by atoms with Crippen molar-refractivity contribution in [2.45, 2.75) is 52.9 Å². The number of rotatable bonds is 11. The molecular weight excluding hydrogens is 328 g/mol. The SMILES string of the molecule is CCCCC(=O)c1ccc(Oc2cccc(COC(C)OCC)c2)cc1. The van der Waals surface area contributed by atoms with Crippen molar-refractivity contribution < 1.29 is 19.0 Å². The van der Waals surface area contributed by atoms with E-state index < -0.39 is 0 Å². The standard InChI is InChI=1S/C22H28O4/c1-4-6-10-22(23)19-11-13-20(14-12-19)26-21-9-7-8-18(15-21)16-25-17(3)24-5-2/h7-9,11-15,17H,4-6,10,16H2,1-3H3. The molecule has 2 rings (SSSR count). The molecule has 0 spiro atoms. The van der Waals surface area contributed by atoms with Crippen LogP contribution in [0.15, 0.2) is 48.5 Å². The molecule has 0 saturated heterocycles. The van der Waals surface area contributed by atoms with E-state index in [2.05, 4.69) is 6.92 Å². The van der Waals surface area contributed by atoms with Crippen molar-refractivity contribution in [1.29, 1.82) is 0 Å². The predicted octanol–water partition coefficient (Wildman–Crippen LogP) is 5.75. The molecule has 0 radical (unpaired) electrons. The quantitative estimate of drug-likeness (QED) is 0.380. The summed E-state index contributed by atoms with van der Waals surface area (Å²) in [6.07, 6.45) is 2.31. The molecule has 0 aliphatic carbocycles. The monoisotopic (exact) mass is 356 g/mol. The van der Waals surface area contributed by atoms with E-state index in [9.17, 15) is 4.79 Å². The van der Waals surface area contributed by atoms with Crippen LogP contribution in [0.5, 0.6) is 11.5 Å². The third-order valence-electron chi connectivity index (χ3n) is 3.95. The van der Waals surface area contributed by atoms with Crippen molar-refractivity contribution >= 4 is 5.78 Å². The lowest BCUT2D eigenvalue weighted by Crippen LogP contribution is -2.12. The zero-order chi connectivity index (χ0) is 18.8. The van der Waals surface area contributed by atoms with Crippen LogP contribution in [0, 0.1) is 0 Å². The Morgan fingerprint density at radius 3 is 2.46 bits per heavy atom. The summed E-state index contributed by atoms with van der Waals surface area (Å²) in [4.78, 5) is 12.0. The van der Waals surface area contributed by atoms with Gasteiger partial charge >= 0.3 is 0 Å². The first-order chi connectivity index (χ1) is 12.6. The van der Waals surface area contributed by atoms with Gasteiger partial charge in [0.2, 0.25) is 0 Å². The van der Waals surface area contributed by atoms with E-state index in [-0.39, 0.29) is 12.1 Å². The van der Waals surface area contributed by atoms with Crippen LogP contribution in [-0.2, 0) is 16.1 Å². The van der Waals surface area contributed by atoms with Gasteiger partial charge in [0, 0.05) is 18.6 Å². The van der Waals surface area contributed by atoms with Crippen molar-refractivity contribution in [1.82, 2.24) is 0 Å². The van der Waals surface area contributed by atoms with Crippen molar-refractivity contribution in [3.63, 3.8) is 0 Å². The summed E-state index contributed by atoms with van der Waals surface area (Å²) in [5, 5.41) is 0. The first-order valence-electron chi connectivity index (χ1n) is 9.25. The zero-order valence-corrected chi connectivity index (χ0v) is 15.9. The molecule has 0 aliphatic heterocycles. The minimum absolute atomic E-state index is 0.181. The first-order valence-corrected chi connectivity index (χ1v) is 9.25. The number of hydrogen-bond acceptors (Lipinski definition) is 4. The molecule has 1 unspecified atom stereocenters. The van der Waals surface area contributed by atoms with E-state index >= 15 is 0 Å². The van der Waals surface area contributed by atoms with Gasteiger partial charge in [0.1, 0.15) is 11.5 Å². The fourth-order valence-corrected chi connectivity index (χ4v) is 2.52. The maximum atomic E-state index is 12.0. The van der Waals surface area contributed by atoms with Crippen LogP contribution < -0.4 is 4.74 Å². The van der Waals surface area contributed by atoms with E-state index in [0.717, 1.165) is 29.7 Å². The largest absolute Gasteiger partial charge is 0.457 e. The molecule has 0 bridgehead atoms. The number of carbonyl (C=O) groups excluding carboxylic acids is 1. The van der Waals surface area contributed by atoms with Crippen molar-refractivity contribution in [3.05, 3.63) is 59.7 Å². The molecule has 0 aliphatic rings. The number of unbranched alkanes of at least 4 members (excludes halogenated alkanes) is 1. The normalized spacial score (nSPS) is 12.0. The van der Waals surface area contributed by atoms with Crippen LogP contribution in [0.1, 0.15) is 56.0 Å². The van der Waals surface area contributed by atoms with Gasteiger partial charge in [-0.25, -0.2) is 0 Å². The van der Waals surface area contributed by atoms with Crippen molar-refractivity contribution in [2.75, 3.05) is 6.61 Å². The summed E-state index contributed by atoms with van der Waals surface area (Å²) >= 11 is 0. The lowest BCUT2D eigenvalue weighted by atomic mass is 10.1. The summed E-state index contributed by atoms with van der Waals surface area (Å²) in [7, 11) is 0. The van der Waals surface area contributed by atoms with Gasteiger partial charge in [-0.05, 0) is 62.2 Å². The van der Waals surface area contributed by atoms with E-state index in [1.165, 1.54) is 0 Å². The average molecular weight is 356 g/mol. The lowest BCUT2D eigenvalue weighted by molar-refractivity contribution is -0.134. The van der Waals surface area contributed by atoms with Gasteiger partial charge in [-0.1, -0.05) is 25.5 Å². The van der Waals surface area contributed by atoms with Crippen LogP contribution in [0.3, 0.4) is 0 Å². The zero-order valence-electron chi connectivity index (χ0n) is 15.9. The second-order valence-corrected chi connectivity index (χ2v) is 6.13. The molecule has 140 valence electrons. The van der Waals surface area contributed by atoms with E-state index in [1.54, 1.807) is 0 Å². The summed E-state index contributed by atoms with van der Waals surface area (Å²) in [6, 6.07) is 15.1. The molecule has 0 saturated carbocycles. The lowest BCUT2D eigenvalue weighted by Gasteiger charge is -2.13. The van der Waals surface area contributed by atoms with Gasteiger partial charge in [-0.3, -0.25) is 4.79 Å². The fourth-order valence-electron chi connectivity index (χ4n) is 2.52. The predicted molar refractivity (Wildman–Crippen MR) is 103 cm³/mol. The Kier molecular flexibility index (Phi) is 8.32. The van der Waals surface area contributed by atoms with Gasteiger partial charge in [0.05, 0.1) is 6.61 Å². The molecule has 2 aromatic rings. The Morgan fingerprint density at radius 2 is 1.77 bits per heavy atom. The summed E-state index contributed by atoms with van der Waals surface area (Å²) in [5.74, 6) is 1.62. The second-order valence-electron chi connectivity index (χ2n) is 6.13. The topological polar surface area (TPSA) is 44.8 Å². The minimum Gasteiger partial charge on any atom is -0.457 e. The molecule has 4 nitrogen and oxygen atoms in total. The highest BCUT2D eigenvalue weighted by Crippen LogP contribution is 2.23. The Labute approximate surface area is 156 Å². The Hall–Kier alpha value is -2.17. The fraction of sp³-hybridized carbons (Fsp3) is 0.409. The van der Waals surface area contributed by atoms with Crippen LogP contribution in [0.2, 0.25) is 0 Å². The smallest absolute Gasteiger partial charge is 0.162 e. The van der Waals surface area contributed by atoms with E-state index in [0.29, 0.717) is 25.4 Å². The third kappa shape index (κ3) is 6.62. The summed E-state index contributed by atoms with van der Waals surface area (Å²) in [5.41, 5.74) is 1.75. The molecule has 0 amide bonds. The molecule has 0 N–H and O–H groups in total. The number of carbonyl (C=O) groups is 1. The van der Waals surface area contributed by atoms with Gasteiger partial charge in [-0.2, -0.15) is 0 Å². The maximum Gasteiger partial charge on any atom is 0.162 e. The molecule has 2 aromatic carbocycles. The number of benzene rings is 2. The van der Waals surface area contributed by atoms with Gasteiger partial charge in [0.25, 0.3) is 0 Å². The highest BCUT2D eigenvalue weighted by molar-refractivity contribution is 5.96. The van der Waals surface area contributed by atoms with Crippen LogP contribution >= 0.6 is 0 Å². The van der Waals surface area contributed by atoms with Crippen LogP contribution in [-0.4, -0.2) is 18.7 Å². The van der Waals surface area contributed by atoms with E-state index in [1.807, 2.05) is 62.4 Å². The van der Waals surface area contributed by atoms with Crippen molar-refractivity contribution in [3.8, 4) is 11.5 Å². The molecular formula is C22H28O4. The van der Waals surface area contributed by atoms with Crippen LogP contribution in [0.25, 0.3) is 0 Å². The molecule has 0 fully saturated rings. The molecule has 1 atom stereocenters. The Balaban J connectivity index is 1.93. The number of ether oxygens (including phenoxy) is 3. The molecule has 0 heterocycles. The highest BCUT2D eigenvalue weighted by Gasteiger charge is 2.06. The Morgan fingerprint density at radius 1 is 1.00 bits per heavy atom. The van der Waals surface area contributed by atoms with E-state index in [4.69, 9.17) is 14.2 Å². The van der Waals surface area contributed by atoms with Gasteiger partial charge < -0.3 is 14.2 Å². The van der Waals surface area contributed by atoms with Crippen molar-refractivity contribution in [2.24, 2.45) is 0 Å². The van der Waals surface area contributed by atoms with Gasteiger partial charge in [0.15, 0.2) is 12.1 Å². The number of hydrogen-bond donors (Lipinski definition) is 0. The maximum absolute atomic E-state index is 12.0. The summed E-state index contributed by atoms with van der Waals surface area (Å²) < 4.78 is 16.9. The van der Waals surface area contributed by atoms with Crippen LogP contribution in [0.4, 0.5) is 0 Å². The summed E-state index contributed by atoms with van der Waals surface area (Å²) in [6.45, 7) is 7.00. The number of Topliss-reactive ketones (excluding diaryl/α,β-unsaturated/α-hetero) is 1. The van der Waals surface area contributed by atoms with Gasteiger partial charge in [-0.15, -0.1) is 0 Å². The molecule has 4 heteroatoms. The first kappa shape index (κ1) is 20.1. The third-order valence-corrected chi connectivity index (χ3v) is 3.95. The average Bonchev–Trinajstić information content (AvgIpc) is 2.65.